The van der Waals surface area contributed by atoms with E-state index >= 15 is 0 Å². The Balaban J connectivity index is 1.80. The summed E-state index contributed by atoms with van der Waals surface area (Å²) in [6, 6.07) is 23.8. The van der Waals surface area contributed by atoms with Gasteiger partial charge in [-0.2, -0.15) is 0 Å². The van der Waals surface area contributed by atoms with Crippen molar-refractivity contribution in [1.82, 2.24) is 0 Å². The highest BCUT2D eigenvalue weighted by atomic mass is 16.5. The fourth-order valence-electron chi connectivity index (χ4n) is 3.88. The molecule has 34 heavy (non-hydrogen) atoms. The van der Waals surface area contributed by atoms with Crippen molar-refractivity contribution in [2.45, 2.75) is 13.8 Å². The van der Waals surface area contributed by atoms with Crippen LogP contribution in [0.1, 0.15) is 19.4 Å². The number of methoxy groups -OCH3 is 1. The number of imide groups is 1. The zero-order valence-corrected chi connectivity index (χ0v) is 19.8. The van der Waals surface area contributed by atoms with Crippen LogP contribution in [0.5, 0.6) is 11.5 Å². The number of hydrogen-bond acceptors (Lipinski definition) is 5. The molecule has 0 bridgehead atoms. The quantitative estimate of drug-likeness (QED) is 0.439. The number of nitrogens with zero attached hydrogens (tertiary/aromatic N) is 2. The minimum absolute atomic E-state index is 0.304. The zero-order chi connectivity index (χ0) is 24.2. The highest BCUT2D eigenvalue weighted by Gasteiger charge is 2.43. The monoisotopic (exact) mass is 456 g/mol. The molecule has 0 atom stereocenters. The summed E-state index contributed by atoms with van der Waals surface area (Å²) in [5, 5.41) is 0. The lowest BCUT2D eigenvalue weighted by atomic mass is 10.0. The van der Waals surface area contributed by atoms with E-state index in [0.29, 0.717) is 40.8 Å². The Morgan fingerprint density at radius 3 is 2.15 bits per heavy atom. The van der Waals surface area contributed by atoms with E-state index in [2.05, 4.69) is 13.8 Å². The van der Waals surface area contributed by atoms with E-state index in [0.717, 1.165) is 11.4 Å². The van der Waals surface area contributed by atoms with Gasteiger partial charge in [0.05, 0.1) is 25.0 Å². The molecule has 0 saturated carbocycles. The second kappa shape index (κ2) is 9.83. The molecule has 0 aliphatic carbocycles. The van der Waals surface area contributed by atoms with Crippen molar-refractivity contribution in [3.63, 3.8) is 0 Å². The molecule has 174 valence electrons. The van der Waals surface area contributed by atoms with Gasteiger partial charge in [-0.15, -0.1) is 0 Å². The van der Waals surface area contributed by atoms with E-state index in [-0.39, 0.29) is 0 Å². The van der Waals surface area contributed by atoms with E-state index < -0.39 is 11.8 Å². The molecular formula is C28H28N2O4. The van der Waals surface area contributed by atoms with Gasteiger partial charge in [-0.3, -0.25) is 9.59 Å². The summed E-state index contributed by atoms with van der Waals surface area (Å²) < 4.78 is 11.2. The van der Waals surface area contributed by atoms with Gasteiger partial charge in [0.25, 0.3) is 11.8 Å². The lowest BCUT2D eigenvalue weighted by Gasteiger charge is -2.22. The Morgan fingerprint density at radius 2 is 1.50 bits per heavy atom. The molecule has 0 aromatic heterocycles. The summed E-state index contributed by atoms with van der Waals surface area (Å²) in [6.45, 7) is 4.77. The first-order valence-electron chi connectivity index (χ1n) is 11.2. The molecule has 1 aliphatic rings. The van der Waals surface area contributed by atoms with Gasteiger partial charge in [0, 0.05) is 12.7 Å². The molecule has 6 nitrogen and oxygen atoms in total. The van der Waals surface area contributed by atoms with E-state index in [1.807, 2.05) is 54.6 Å². The van der Waals surface area contributed by atoms with Crippen LogP contribution < -0.4 is 19.3 Å². The molecule has 4 rings (SSSR count). The Labute approximate surface area is 200 Å². The summed E-state index contributed by atoms with van der Waals surface area (Å²) >= 11 is 0. The van der Waals surface area contributed by atoms with Crippen LogP contribution in [-0.2, 0) is 9.59 Å². The van der Waals surface area contributed by atoms with Crippen LogP contribution in [0.3, 0.4) is 0 Å². The smallest absolute Gasteiger partial charge is 0.282 e. The Bertz CT molecular complexity index is 1220. The van der Waals surface area contributed by atoms with Crippen LogP contribution in [-0.4, -0.2) is 32.6 Å². The first-order valence-corrected chi connectivity index (χ1v) is 11.2. The van der Waals surface area contributed by atoms with Crippen molar-refractivity contribution in [2.75, 3.05) is 30.6 Å². The maximum atomic E-state index is 13.8. The summed E-state index contributed by atoms with van der Waals surface area (Å²) in [6.07, 6.45) is 0. The number of benzene rings is 3. The molecule has 6 heteroatoms. The third-order valence-electron chi connectivity index (χ3n) is 5.59. The maximum Gasteiger partial charge on any atom is 0.282 e. The van der Waals surface area contributed by atoms with Gasteiger partial charge in [0.1, 0.15) is 17.2 Å². The van der Waals surface area contributed by atoms with Gasteiger partial charge < -0.3 is 14.4 Å². The van der Waals surface area contributed by atoms with E-state index in [1.54, 1.807) is 36.2 Å². The van der Waals surface area contributed by atoms with Crippen molar-refractivity contribution in [3.05, 3.63) is 90.1 Å². The molecule has 0 saturated heterocycles. The Kier molecular flexibility index (Phi) is 6.68. The number of amides is 2. The Hall–Kier alpha value is -4.06. The number of carbonyl (C=O) groups is 2. The van der Waals surface area contributed by atoms with E-state index in [9.17, 15) is 9.59 Å². The lowest BCUT2D eigenvalue weighted by molar-refractivity contribution is -0.120. The fourth-order valence-corrected chi connectivity index (χ4v) is 3.88. The van der Waals surface area contributed by atoms with Crippen molar-refractivity contribution < 1.29 is 19.1 Å². The summed E-state index contributed by atoms with van der Waals surface area (Å²) in [5.41, 5.74) is 2.49. The predicted octanol–water partition coefficient (Wildman–Crippen LogP) is 5.15. The normalized spacial score (nSPS) is 13.6. The molecule has 0 fully saturated rings. The van der Waals surface area contributed by atoms with E-state index in [4.69, 9.17) is 9.47 Å². The molecule has 0 N–H and O–H groups in total. The van der Waals surface area contributed by atoms with Gasteiger partial charge in [-0.1, -0.05) is 56.3 Å². The third kappa shape index (κ3) is 4.39. The van der Waals surface area contributed by atoms with Crippen LogP contribution in [0.2, 0.25) is 0 Å². The second-order valence-corrected chi connectivity index (χ2v) is 8.46. The Morgan fingerprint density at radius 1 is 0.853 bits per heavy atom. The summed E-state index contributed by atoms with van der Waals surface area (Å²) in [7, 11) is 3.31. The first kappa shape index (κ1) is 23.1. The van der Waals surface area contributed by atoms with Crippen molar-refractivity contribution >= 4 is 28.8 Å². The number of para-hydroxylation sites is 3. The van der Waals surface area contributed by atoms with Gasteiger partial charge >= 0.3 is 0 Å². The number of hydrogen-bond donors (Lipinski definition) is 0. The molecular weight excluding hydrogens is 428 g/mol. The molecule has 2 amide bonds. The predicted molar refractivity (Wildman–Crippen MR) is 134 cm³/mol. The SMILES string of the molecule is COc1ccccc1N1C(=O)C(c2ccc(OCC(C)C)cc2)=C(N(C)c2ccccc2)C1=O. The average molecular weight is 457 g/mol. The first-order chi connectivity index (χ1) is 16.4. The highest BCUT2D eigenvalue weighted by Crippen LogP contribution is 2.39. The minimum atomic E-state index is -0.406. The van der Waals surface area contributed by atoms with Crippen LogP contribution in [0.15, 0.2) is 84.6 Å². The molecule has 0 spiro atoms. The topological polar surface area (TPSA) is 59.1 Å². The molecule has 1 heterocycles. The second-order valence-electron chi connectivity index (χ2n) is 8.46. The lowest BCUT2D eigenvalue weighted by Crippen LogP contribution is -2.34. The van der Waals surface area contributed by atoms with Crippen molar-refractivity contribution in [1.29, 1.82) is 0 Å². The zero-order valence-electron chi connectivity index (χ0n) is 19.8. The largest absolute Gasteiger partial charge is 0.495 e. The average Bonchev–Trinajstić information content (AvgIpc) is 3.12. The van der Waals surface area contributed by atoms with Crippen LogP contribution in [0, 0.1) is 5.92 Å². The van der Waals surface area contributed by atoms with Crippen LogP contribution in [0.25, 0.3) is 5.57 Å². The van der Waals surface area contributed by atoms with Crippen LogP contribution >= 0.6 is 0 Å². The highest BCUT2D eigenvalue weighted by molar-refractivity contribution is 6.46. The van der Waals surface area contributed by atoms with Gasteiger partial charge in [-0.05, 0) is 47.9 Å². The van der Waals surface area contributed by atoms with Crippen LogP contribution in [0.4, 0.5) is 11.4 Å². The minimum Gasteiger partial charge on any atom is -0.495 e. The number of carbonyl (C=O) groups excluding carboxylic acids is 2. The molecule has 3 aromatic rings. The molecule has 1 aliphatic heterocycles. The van der Waals surface area contributed by atoms with Gasteiger partial charge in [-0.25, -0.2) is 4.90 Å². The van der Waals surface area contributed by atoms with Crippen molar-refractivity contribution in [3.8, 4) is 11.5 Å². The van der Waals surface area contributed by atoms with Gasteiger partial charge in [0.2, 0.25) is 0 Å². The van der Waals surface area contributed by atoms with Gasteiger partial charge in [0.15, 0.2) is 0 Å². The summed E-state index contributed by atoms with van der Waals surface area (Å²) in [4.78, 5) is 30.5. The molecule has 3 aromatic carbocycles. The standard InChI is InChI=1S/C28H28N2O4/c1-19(2)18-34-22-16-14-20(15-17-22)25-26(29(3)21-10-6-5-7-11-21)28(32)30(27(25)31)23-12-8-9-13-24(23)33-4/h5-17,19H,18H2,1-4H3. The molecule has 0 unspecified atom stereocenters. The molecule has 0 radical (unpaired) electrons. The van der Waals surface area contributed by atoms with Crippen molar-refractivity contribution in [2.24, 2.45) is 5.92 Å². The summed E-state index contributed by atoms with van der Waals surface area (Å²) in [5.74, 6) is 0.759. The number of likely N-dealkylation sites (N-methyl/N-ethyl adjacent to an activating group) is 1. The maximum absolute atomic E-state index is 13.8. The van der Waals surface area contributed by atoms with E-state index in [1.165, 1.54) is 12.0 Å². The fraction of sp³-hybridized carbons (Fsp3) is 0.214. The third-order valence-corrected chi connectivity index (χ3v) is 5.59. The number of ether oxygens (including phenoxy) is 2. The number of rotatable bonds is 8. The number of anilines is 2.